The summed E-state index contributed by atoms with van der Waals surface area (Å²) >= 11 is 6.14. The third-order valence-corrected chi connectivity index (χ3v) is 8.89. The summed E-state index contributed by atoms with van der Waals surface area (Å²) in [6.45, 7) is 0. The molecule has 7 rings (SSSR count). The van der Waals surface area contributed by atoms with E-state index in [0.29, 0.717) is 44.3 Å². The maximum atomic E-state index is 14.6. The number of hydrogen-bond donors (Lipinski definition) is 0. The fourth-order valence-corrected chi connectivity index (χ4v) is 7.04. The highest BCUT2D eigenvalue weighted by Gasteiger charge is 2.71. The van der Waals surface area contributed by atoms with Crippen molar-refractivity contribution in [1.82, 2.24) is 0 Å². The van der Waals surface area contributed by atoms with Gasteiger partial charge in [-0.15, -0.1) is 0 Å². The standard InChI is InChI=1S/C34H23ClFNO4/c1-41-24-14-8-19(9-15-24)29-30(31(38)20-6-11-22(35)12-7-20)37-27-16-13-23(36)18-21(27)10-17-28(37)34(29)32(39)25-4-2-3-5-26(25)33(34)40/h2-18,28-30H,1H3/t28-,29-,30+/m1/s1. The van der Waals surface area contributed by atoms with Gasteiger partial charge in [0.25, 0.3) is 0 Å². The van der Waals surface area contributed by atoms with Gasteiger partial charge < -0.3 is 9.64 Å². The zero-order valence-electron chi connectivity index (χ0n) is 21.9. The summed E-state index contributed by atoms with van der Waals surface area (Å²) in [6.07, 6.45) is 3.51. The predicted octanol–water partition coefficient (Wildman–Crippen LogP) is 6.80. The first kappa shape index (κ1) is 25.4. The van der Waals surface area contributed by atoms with E-state index in [1.54, 1.807) is 86.0 Å². The molecule has 1 saturated heterocycles. The minimum absolute atomic E-state index is 0.272. The first-order valence-electron chi connectivity index (χ1n) is 13.2. The minimum atomic E-state index is -1.63. The number of benzene rings is 4. The summed E-state index contributed by atoms with van der Waals surface area (Å²) < 4.78 is 19.7. The third-order valence-electron chi connectivity index (χ3n) is 8.64. The number of carbonyl (C=O) groups excluding carboxylic acids is 3. The molecule has 0 saturated carbocycles. The molecule has 0 aromatic heterocycles. The summed E-state index contributed by atoms with van der Waals surface area (Å²) in [7, 11) is 1.56. The minimum Gasteiger partial charge on any atom is -0.497 e. The molecule has 3 atom stereocenters. The van der Waals surface area contributed by atoms with Crippen LogP contribution in [0.1, 0.15) is 48.1 Å². The lowest BCUT2D eigenvalue weighted by Crippen LogP contribution is -2.48. The van der Waals surface area contributed by atoms with Crippen LogP contribution in [0.2, 0.25) is 5.02 Å². The van der Waals surface area contributed by atoms with Gasteiger partial charge in [0.1, 0.15) is 23.0 Å². The van der Waals surface area contributed by atoms with Gasteiger partial charge in [-0.05, 0) is 60.2 Å². The summed E-state index contributed by atoms with van der Waals surface area (Å²) in [5.74, 6) is -1.60. The van der Waals surface area contributed by atoms with Gasteiger partial charge in [0, 0.05) is 38.9 Å². The van der Waals surface area contributed by atoms with Gasteiger partial charge >= 0.3 is 0 Å². The van der Waals surface area contributed by atoms with Crippen LogP contribution in [0.25, 0.3) is 6.08 Å². The van der Waals surface area contributed by atoms with Crippen LogP contribution in [0.15, 0.2) is 97.1 Å². The molecule has 1 fully saturated rings. The zero-order valence-corrected chi connectivity index (χ0v) is 22.6. The molecule has 0 unspecified atom stereocenters. The molecule has 4 aromatic rings. The Kier molecular flexibility index (Phi) is 5.73. The highest BCUT2D eigenvalue weighted by Crippen LogP contribution is 2.61. The average molecular weight is 564 g/mol. The number of carbonyl (C=O) groups is 3. The number of methoxy groups -OCH3 is 1. The van der Waals surface area contributed by atoms with Crippen molar-refractivity contribution in [3.05, 3.63) is 136 Å². The van der Waals surface area contributed by atoms with E-state index in [2.05, 4.69) is 0 Å². The third kappa shape index (κ3) is 3.50. The summed E-state index contributed by atoms with van der Waals surface area (Å²) in [5, 5.41) is 0.479. The maximum absolute atomic E-state index is 14.6. The van der Waals surface area contributed by atoms with Crippen molar-refractivity contribution >= 4 is 40.7 Å². The van der Waals surface area contributed by atoms with Gasteiger partial charge in [-0.3, -0.25) is 14.4 Å². The van der Waals surface area contributed by atoms with E-state index in [1.165, 1.54) is 12.1 Å². The molecular formula is C34H23ClFNO4. The van der Waals surface area contributed by atoms with Crippen LogP contribution in [-0.2, 0) is 0 Å². The van der Waals surface area contributed by atoms with Gasteiger partial charge in [-0.2, -0.15) is 0 Å². The Balaban J connectivity index is 1.54. The van der Waals surface area contributed by atoms with E-state index >= 15 is 0 Å². The largest absolute Gasteiger partial charge is 0.497 e. The molecule has 1 spiro atoms. The molecule has 0 N–H and O–H groups in total. The second kappa shape index (κ2) is 9.25. The second-order valence-corrected chi connectivity index (χ2v) is 11.0. The predicted molar refractivity (Wildman–Crippen MR) is 155 cm³/mol. The van der Waals surface area contributed by atoms with Crippen molar-refractivity contribution in [2.45, 2.75) is 18.0 Å². The molecule has 5 nitrogen and oxygen atoms in total. The lowest BCUT2D eigenvalue weighted by Gasteiger charge is -2.37. The first-order valence-corrected chi connectivity index (χ1v) is 13.6. The summed E-state index contributed by atoms with van der Waals surface area (Å²) in [5.41, 5.74) is 1.24. The number of ether oxygens (including phenoxy) is 1. The van der Waals surface area contributed by atoms with Crippen molar-refractivity contribution in [2.24, 2.45) is 5.41 Å². The lowest BCUT2D eigenvalue weighted by atomic mass is 9.64. The number of fused-ring (bicyclic) bond motifs is 5. The van der Waals surface area contributed by atoms with E-state index in [9.17, 15) is 18.8 Å². The van der Waals surface area contributed by atoms with Crippen LogP contribution in [0, 0.1) is 11.2 Å². The molecule has 0 radical (unpaired) electrons. The quantitative estimate of drug-likeness (QED) is 0.202. The van der Waals surface area contributed by atoms with E-state index in [-0.39, 0.29) is 17.3 Å². The molecule has 2 aliphatic heterocycles. The van der Waals surface area contributed by atoms with E-state index < -0.39 is 29.2 Å². The molecule has 0 bridgehead atoms. The SMILES string of the molecule is COc1ccc([C@@H]2[C@@H](C(=O)c3ccc(Cl)cc3)N3c4ccc(F)cc4C=C[C@@H]3C23C(=O)c2ccccc2C3=O)cc1. The Labute approximate surface area is 240 Å². The van der Waals surface area contributed by atoms with Crippen molar-refractivity contribution in [3.8, 4) is 5.75 Å². The Hall–Kier alpha value is -4.55. The first-order chi connectivity index (χ1) is 19.9. The summed E-state index contributed by atoms with van der Waals surface area (Å²) in [6, 6.07) is 23.1. The van der Waals surface area contributed by atoms with Gasteiger partial charge in [0.15, 0.2) is 17.3 Å². The van der Waals surface area contributed by atoms with Crippen molar-refractivity contribution in [1.29, 1.82) is 0 Å². The highest BCUT2D eigenvalue weighted by molar-refractivity contribution is 6.32. The molecule has 202 valence electrons. The van der Waals surface area contributed by atoms with Crippen molar-refractivity contribution < 1.29 is 23.5 Å². The molecular weight excluding hydrogens is 541 g/mol. The average Bonchev–Trinajstić information content (AvgIpc) is 3.43. The number of anilines is 1. The van der Waals surface area contributed by atoms with E-state index in [4.69, 9.17) is 16.3 Å². The number of ketones is 3. The molecule has 4 aromatic carbocycles. The van der Waals surface area contributed by atoms with Crippen LogP contribution in [0.4, 0.5) is 10.1 Å². The molecule has 2 heterocycles. The Bertz CT molecular complexity index is 1740. The monoisotopic (exact) mass is 563 g/mol. The molecule has 0 amide bonds. The number of rotatable bonds is 4. The highest BCUT2D eigenvalue weighted by atomic mass is 35.5. The van der Waals surface area contributed by atoms with Crippen molar-refractivity contribution in [3.63, 3.8) is 0 Å². The van der Waals surface area contributed by atoms with Crippen LogP contribution in [-0.4, -0.2) is 36.5 Å². The van der Waals surface area contributed by atoms with Gasteiger partial charge in [0.05, 0.1) is 13.2 Å². The zero-order chi connectivity index (χ0) is 28.5. The smallest absolute Gasteiger partial charge is 0.185 e. The van der Waals surface area contributed by atoms with E-state index in [1.807, 2.05) is 17.0 Å². The Morgan fingerprint density at radius 1 is 0.902 bits per heavy atom. The fourth-order valence-electron chi connectivity index (χ4n) is 6.92. The van der Waals surface area contributed by atoms with Gasteiger partial charge in [0.2, 0.25) is 0 Å². The lowest BCUT2D eigenvalue weighted by molar-refractivity contribution is 0.0666. The maximum Gasteiger partial charge on any atom is 0.185 e. The van der Waals surface area contributed by atoms with Crippen LogP contribution in [0.3, 0.4) is 0 Å². The molecule has 3 aliphatic rings. The molecule has 7 heteroatoms. The summed E-state index contributed by atoms with van der Waals surface area (Å²) in [4.78, 5) is 45.7. The van der Waals surface area contributed by atoms with Crippen molar-refractivity contribution in [2.75, 3.05) is 12.0 Å². The molecule has 41 heavy (non-hydrogen) atoms. The Morgan fingerprint density at radius 3 is 2.20 bits per heavy atom. The van der Waals surface area contributed by atoms with Gasteiger partial charge in [-0.25, -0.2) is 4.39 Å². The second-order valence-electron chi connectivity index (χ2n) is 10.6. The van der Waals surface area contributed by atoms with Gasteiger partial charge in [-0.1, -0.05) is 60.2 Å². The number of nitrogens with zero attached hydrogens (tertiary/aromatic N) is 1. The molecule has 1 aliphatic carbocycles. The Morgan fingerprint density at radius 2 is 1.56 bits per heavy atom. The fraction of sp³-hybridized carbons (Fsp3) is 0.147. The van der Waals surface area contributed by atoms with Crippen LogP contribution in [0.5, 0.6) is 5.75 Å². The van der Waals surface area contributed by atoms with Crippen LogP contribution >= 0.6 is 11.6 Å². The topological polar surface area (TPSA) is 63.7 Å². The number of Topliss-reactive ketones (excluding diaryl/α,β-unsaturated/α-hetero) is 3. The number of halogens is 2. The normalized spacial score (nSPS) is 21.5. The van der Waals surface area contributed by atoms with E-state index in [0.717, 1.165) is 0 Å². The number of hydrogen-bond acceptors (Lipinski definition) is 5. The van der Waals surface area contributed by atoms with Crippen LogP contribution < -0.4 is 9.64 Å².